The van der Waals surface area contributed by atoms with Crippen molar-refractivity contribution in [3.05, 3.63) is 35.4 Å². The molecule has 1 aromatic carbocycles. The molecule has 0 saturated carbocycles. The van der Waals surface area contributed by atoms with Crippen molar-refractivity contribution >= 4 is 34.9 Å². The molecule has 0 aliphatic carbocycles. The molecule has 1 heterocycles. The van der Waals surface area contributed by atoms with E-state index < -0.39 is 0 Å². The maximum Gasteiger partial charge on any atom is 0.175 e. The number of hydrogen-bond acceptors (Lipinski definition) is 6. The fourth-order valence-corrected chi connectivity index (χ4v) is 4.22. The minimum absolute atomic E-state index is 0.243. The standard InChI is InChI=1S/C12H15N3S3/c1-8-4-3-5-9(6-8)10(7-13)17-12-15-14-11(16-2)18-12/h3-6,10H,7,13H2,1-2H3. The molecular formula is C12H15N3S3. The first-order valence-corrected chi connectivity index (χ1v) is 8.46. The molecule has 0 aliphatic rings. The lowest BCUT2D eigenvalue weighted by Gasteiger charge is -2.13. The highest BCUT2D eigenvalue weighted by Crippen LogP contribution is 2.37. The van der Waals surface area contributed by atoms with Crippen molar-refractivity contribution in [2.24, 2.45) is 5.73 Å². The minimum Gasteiger partial charge on any atom is -0.329 e. The summed E-state index contributed by atoms with van der Waals surface area (Å²) in [6.07, 6.45) is 2.01. The number of nitrogens with zero attached hydrogens (tertiary/aromatic N) is 2. The van der Waals surface area contributed by atoms with Crippen LogP contribution in [0.15, 0.2) is 32.9 Å². The molecular weight excluding hydrogens is 282 g/mol. The van der Waals surface area contributed by atoms with E-state index in [0.29, 0.717) is 6.54 Å². The summed E-state index contributed by atoms with van der Waals surface area (Å²) in [6, 6.07) is 8.47. The average molecular weight is 297 g/mol. The minimum atomic E-state index is 0.243. The predicted molar refractivity (Wildman–Crippen MR) is 80.5 cm³/mol. The number of hydrogen-bond donors (Lipinski definition) is 1. The van der Waals surface area contributed by atoms with E-state index in [2.05, 4.69) is 41.4 Å². The number of nitrogens with two attached hydrogens (primary N) is 1. The second-order valence-electron chi connectivity index (χ2n) is 3.79. The van der Waals surface area contributed by atoms with Crippen molar-refractivity contribution in [2.75, 3.05) is 12.8 Å². The van der Waals surface area contributed by atoms with Crippen LogP contribution in [-0.4, -0.2) is 23.0 Å². The van der Waals surface area contributed by atoms with E-state index in [1.807, 2.05) is 6.26 Å². The molecule has 18 heavy (non-hydrogen) atoms. The van der Waals surface area contributed by atoms with Crippen LogP contribution in [0.1, 0.15) is 16.4 Å². The molecule has 0 amide bonds. The lowest BCUT2D eigenvalue weighted by molar-refractivity contribution is 0.920. The molecule has 2 aromatic rings. The summed E-state index contributed by atoms with van der Waals surface area (Å²) >= 11 is 4.94. The highest BCUT2D eigenvalue weighted by atomic mass is 32.2. The fourth-order valence-electron chi connectivity index (χ4n) is 1.57. The Hall–Kier alpha value is -0.560. The van der Waals surface area contributed by atoms with Gasteiger partial charge in [-0.05, 0) is 18.7 Å². The second-order valence-corrected chi connectivity index (χ2v) is 7.28. The van der Waals surface area contributed by atoms with Crippen molar-refractivity contribution in [2.45, 2.75) is 20.9 Å². The van der Waals surface area contributed by atoms with Crippen LogP contribution in [0.3, 0.4) is 0 Å². The summed E-state index contributed by atoms with van der Waals surface area (Å²) in [5, 5.41) is 8.52. The summed E-state index contributed by atoms with van der Waals surface area (Å²) in [4.78, 5) is 0. The molecule has 0 saturated heterocycles. The van der Waals surface area contributed by atoms with Crippen molar-refractivity contribution < 1.29 is 0 Å². The number of rotatable bonds is 5. The molecule has 3 nitrogen and oxygen atoms in total. The Morgan fingerprint density at radius 3 is 2.72 bits per heavy atom. The first kappa shape index (κ1) is 13.9. The van der Waals surface area contributed by atoms with Gasteiger partial charge < -0.3 is 5.73 Å². The van der Waals surface area contributed by atoms with Gasteiger partial charge in [-0.25, -0.2) is 0 Å². The molecule has 96 valence electrons. The number of benzene rings is 1. The Morgan fingerprint density at radius 1 is 1.33 bits per heavy atom. The zero-order valence-corrected chi connectivity index (χ0v) is 12.7. The van der Waals surface area contributed by atoms with Crippen molar-refractivity contribution in [3.8, 4) is 0 Å². The van der Waals surface area contributed by atoms with Gasteiger partial charge in [0.2, 0.25) is 0 Å². The van der Waals surface area contributed by atoms with E-state index in [0.717, 1.165) is 8.68 Å². The summed E-state index contributed by atoms with van der Waals surface area (Å²) in [5.41, 5.74) is 8.38. The molecule has 6 heteroatoms. The normalized spacial score (nSPS) is 12.6. The third-order valence-electron chi connectivity index (χ3n) is 2.43. The third-order valence-corrected chi connectivity index (χ3v) is 5.70. The van der Waals surface area contributed by atoms with Crippen molar-refractivity contribution in [1.82, 2.24) is 10.2 Å². The lowest BCUT2D eigenvalue weighted by atomic mass is 10.1. The first-order chi connectivity index (χ1) is 8.72. The fraction of sp³-hybridized carbons (Fsp3) is 0.333. The highest BCUT2D eigenvalue weighted by Gasteiger charge is 2.14. The Bertz CT molecular complexity index is 513. The maximum atomic E-state index is 5.87. The van der Waals surface area contributed by atoms with Crippen LogP contribution >= 0.6 is 34.9 Å². The van der Waals surface area contributed by atoms with Gasteiger partial charge in [0.25, 0.3) is 0 Å². The number of aryl methyl sites for hydroxylation is 1. The second kappa shape index (κ2) is 6.56. The maximum absolute atomic E-state index is 5.87. The molecule has 2 rings (SSSR count). The van der Waals surface area contributed by atoms with Crippen LogP contribution in [-0.2, 0) is 0 Å². The molecule has 0 spiro atoms. The van der Waals surface area contributed by atoms with Crippen LogP contribution in [0, 0.1) is 6.92 Å². The van der Waals surface area contributed by atoms with Crippen LogP contribution in [0.4, 0.5) is 0 Å². The Balaban J connectivity index is 2.14. The van der Waals surface area contributed by atoms with E-state index in [4.69, 9.17) is 5.73 Å². The first-order valence-electron chi connectivity index (χ1n) is 5.53. The smallest absolute Gasteiger partial charge is 0.175 e. The Labute approximate surface area is 120 Å². The van der Waals surface area contributed by atoms with Gasteiger partial charge in [0.05, 0.1) is 0 Å². The van der Waals surface area contributed by atoms with Gasteiger partial charge in [-0.1, -0.05) is 64.7 Å². The zero-order valence-electron chi connectivity index (χ0n) is 10.3. The highest BCUT2D eigenvalue weighted by molar-refractivity contribution is 8.03. The predicted octanol–water partition coefficient (Wildman–Crippen LogP) is 3.36. The molecule has 0 radical (unpaired) electrons. The Kier molecular flexibility index (Phi) is 5.05. The molecule has 0 fully saturated rings. The van der Waals surface area contributed by atoms with E-state index in [1.165, 1.54) is 11.1 Å². The van der Waals surface area contributed by atoms with Gasteiger partial charge in [-0.15, -0.1) is 10.2 Å². The van der Waals surface area contributed by atoms with Crippen molar-refractivity contribution in [1.29, 1.82) is 0 Å². The molecule has 0 bridgehead atoms. The molecule has 1 aromatic heterocycles. The Morgan fingerprint density at radius 2 is 2.11 bits per heavy atom. The molecule has 1 atom stereocenters. The van der Waals surface area contributed by atoms with E-state index in [9.17, 15) is 0 Å². The summed E-state index contributed by atoms with van der Waals surface area (Å²) in [7, 11) is 0. The quantitative estimate of drug-likeness (QED) is 0.858. The van der Waals surface area contributed by atoms with Gasteiger partial charge in [0.15, 0.2) is 8.68 Å². The van der Waals surface area contributed by atoms with Crippen LogP contribution in [0.2, 0.25) is 0 Å². The monoisotopic (exact) mass is 297 g/mol. The van der Waals surface area contributed by atoms with Gasteiger partial charge in [0, 0.05) is 11.8 Å². The summed E-state index contributed by atoms with van der Waals surface area (Å²) < 4.78 is 1.98. The van der Waals surface area contributed by atoms with E-state index in [1.54, 1.807) is 34.9 Å². The van der Waals surface area contributed by atoms with E-state index >= 15 is 0 Å². The van der Waals surface area contributed by atoms with Gasteiger partial charge in [-0.2, -0.15) is 0 Å². The average Bonchev–Trinajstić information content (AvgIpc) is 2.83. The molecule has 1 unspecified atom stereocenters. The number of aromatic nitrogens is 2. The largest absolute Gasteiger partial charge is 0.329 e. The van der Waals surface area contributed by atoms with Gasteiger partial charge >= 0.3 is 0 Å². The van der Waals surface area contributed by atoms with Crippen molar-refractivity contribution in [3.63, 3.8) is 0 Å². The van der Waals surface area contributed by atoms with Gasteiger partial charge in [-0.3, -0.25) is 0 Å². The van der Waals surface area contributed by atoms with Crippen LogP contribution in [0.25, 0.3) is 0 Å². The summed E-state index contributed by atoms with van der Waals surface area (Å²) in [6.45, 7) is 2.70. The topological polar surface area (TPSA) is 51.8 Å². The SMILES string of the molecule is CSc1nnc(SC(CN)c2cccc(C)c2)s1. The van der Waals surface area contributed by atoms with Crippen LogP contribution in [0.5, 0.6) is 0 Å². The third kappa shape index (κ3) is 3.47. The lowest BCUT2D eigenvalue weighted by Crippen LogP contribution is -2.09. The molecule has 0 aliphatic heterocycles. The van der Waals surface area contributed by atoms with E-state index in [-0.39, 0.29) is 5.25 Å². The molecule has 2 N–H and O–H groups in total. The number of thioether (sulfide) groups is 2. The zero-order chi connectivity index (χ0) is 13.0. The summed E-state index contributed by atoms with van der Waals surface area (Å²) in [5.74, 6) is 0. The van der Waals surface area contributed by atoms with Gasteiger partial charge in [0.1, 0.15) is 0 Å². The van der Waals surface area contributed by atoms with Crippen LogP contribution < -0.4 is 5.73 Å².